The largest absolute Gasteiger partial charge is 0.293 e. The Labute approximate surface area is 113 Å². The number of nitrogens with zero attached hydrogens (tertiary/aromatic N) is 2. The minimum Gasteiger partial charge on any atom is -0.293 e. The number of benzene rings is 1. The zero-order chi connectivity index (χ0) is 14.6. The summed E-state index contributed by atoms with van der Waals surface area (Å²) in [4.78, 5) is 8.40. The maximum atomic E-state index is 4.20. The van der Waals surface area contributed by atoms with Crippen molar-refractivity contribution < 1.29 is 0 Å². The zero-order valence-corrected chi connectivity index (χ0v) is 13.2. The topological polar surface area (TPSA) is 24.7 Å². The molecule has 0 fully saturated rings. The maximum absolute atomic E-state index is 4.20. The van der Waals surface area contributed by atoms with E-state index in [1.54, 1.807) is 0 Å². The lowest BCUT2D eigenvalue weighted by atomic mass is 10.0. The highest BCUT2D eigenvalue weighted by Crippen LogP contribution is 2.11. The molecule has 102 valence electrons. The summed E-state index contributed by atoms with van der Waals surface area (Å²) in [6.45, 7) is 12.0. The van der Waals surface area contributed by atoms with Crippen LogP contribution in [0, 0.1) is 0 Å². The average Bonchev–Trinajstić information content (AvgIpc) is 2.49. The van der Waals surface area contributed by atoms with Crippen LogP contribution in [-0.4, -0.2) is 25.5 Å². The van der Waals surface area contributed by atoms with E-state index in [0.717, 1.165) is 22.6 Å². The number of hydrogen-bond donors (Lipinski definition) is 0. The van der Waals surface area contributed by atoms with Crippen molar-refractivity contribution in [3.63, 3.8) is 0 Å². The molecule has 2 heteroatoms. The van der Waals surface area contributed by atoms with Gasteiger partial charge in [-0.1, -0.05) is 52.0 Å². The molecule has 0 saturated heterocycles. The van der Waals surface area contributed by atoms with E-state index in [4.69, 9.17) is 0 Å². The average molecular weight is 248 g/mol. The van der Waals surface area contributed by atoms with E-state index in [1.807, 2.05) is 67.8 Å². The lowest BCUT2D eigenvalue weighted by molar-refractivity contribution is 1.38. The van der Waals surface area contributed by atoms with Crippen LogP contribution in [0.1, 0.15) is 52.7 Å². The summed E-state index contributed by atoms with van der Waals surface area (Å²) in [5.41, 5.74) is 4.42. The van der Waals surface area contributed by atoms with Crippen molar-refractivity contribution in [1.29, 1.82) is 0 Å². The molecule has 0 aliphatic carbocycles. The van der Waals surface area contributed by atoms with Gasteiger partial charge in [0.25, 0.3) is 0 Å². The van der Waals surface area contributed by atoms with Gasteiger partial charge in [-0.3, -0.25) is 9.98 Å². The highest BCUT2D eigenvalue weighted by molar-refractivity contribution is 6.11. The van der Waals surface area contributed by atoms with Crippen molar-refractivity contribution in [3.05, 3.63) is 35.4 Å². The second-order valence-corrected chi connectivity index (χ2v) is 3.16. The molecular formula is C16H28N2. The van der Waals surface area contributed by atoms with Crippen LogP contribution in [0.15, 0.2) is 34.3 Å². The first-order valence-corrected chi connectivity index (χ1v) is 6.67. The van der Waals surface area contributed by atoms with E-state index in [0.29, 0.717) is 0 Å². The molecule has 0 amide bonds. The molecule has 0 radical (unpaired) electrons. The summed E-state index contributed by atoms with van der Waals surface area (Å²) in [5, 5.41) is 0. The van der Waals surface area contributed by atoms with Gasteiger partial charge < -0.3 is 0 Å². The van der Waals surface area contributed by atoms with E-state index in [-0.39, 0.29) is 0 Å². The van der Waals surface area contributed by atoms with Crippen LogP contribution in [-0.2, 0) is 0 Å². The van der Waals surface area contributed by atoms with Gasteiger partial charge in [-0.25, -0.2) is 0 Å². The first-order valence-electron chi connectivity index (χ1n) is 6.67. The van der Waals surface area contributed by atoms with Gasteiger partial charge in [-0.15, -0.1) is 0 Å². The Morgan fingerprint density at radius 3 is 1.22 bits per heavy atom. The Morgan fingerprint density at radius 1 is 0.722 bits per heavy atom. The van der Waals surface area contributed by atoms with Gasteiger partial charge >= 0.3 is 0 Å². The summed E-state index contributed by atoms with van der Waals surface area (Å²) in [7, 11) is 3.62. The normalized spacial score (nSPS) is 10.9. The molecule has 1 aromatic carbocycles. The van der Waals surface area contributed by atoms with Crippen molar-refractivity contribution in [2.45, 2.75) is 41.5 Å². The molecule has 0 aromatic heterocycles. The Kier molecular flexibility index (Phi) is 12.6. The molecule has 2 nitrogen and oxygen atoms in total. The summed E-state index contributed by atoms with van der Waals surface area (Å²) < 4.78 is 0. The highest BCUT2D eigenvalue weighted by Gasteiger charge is 2.05. The first-order chi connectivity index (χ1) is 8.70. The molecule has 0 spiro atoms. The predicted molar refractivity (Wildman–Crippen MR) is 85.4 cm³/mol. The van der Waals surface area contributed by atoms with Gasteiger partial charge in [0, 0.05) is 36.6 Å². The summed E-state index contributed by atoms with van der Waals surface area (Å²) in [6.07, 6.45) is 0. The summed E-state index contributed by atoms with van der Waals surface area (Å²) in [6, 6.07) is 8.20. The molecule has 0 heterocycles. The van der Waals surface area contributed by atoms with E-state index in [2.05, 4.69) is 22.1 Å². The van der Waals surface area contributed by atoms with Crippen molar-refractivity contribution in [2.24, 2.45) is 9.98 Å². The molecule has 1 aromatic rings. The fourth-order valence-corrected chi connectivity index (χ4v) is 1.36. The third-order valence-electron chi connectivity index (χ3n) is 2.38. The highest BCUT2D eigenvalue weighted by atomic mass is 14.7. The summed E-state index contributed by atoms with van der Waals surface area (Å²) >= 11 is 0. The quantitative estimate of drug-likeness (QED) is 0.682. The zero-order valence-electron chi connectivity index (χ0n) is 13.2. The smallest absolute Gasteiger partial charge is 0.0392 e. The molecule has 0 N–H and O–H groups in total. The van der Waals surface area contributed by atoms with Crippen molar-refractivity contribution in [3.8, 4) is 0 Å². The molecule has 18 heavy (non-hydrogen) atoms. The second kappa shape index (κ2) is 12.0. The number of aliphatic imine (C=N–C) groups is 2. The lowest BCUT2D eigenvalue weighted by Gasteiger charge is -2.07. The monoisotopic (exact) mass is 248 g/mol. The van der Waals surface area contributed by atoms with Crippen LogP contribution in [0.3, 0.4) is 0 Å². The Hall–Kier alpha value is -1.44. The minimum absolute atomic E-state index is 1.04. The van der Waals surface area contributed by atoms with Gasteiger partial charge in [0.2, 0.25) is 0 Å². The second-order valence-electron chi connectivity index (χ2n) is 3.16. The van der Waals surface area contributed by atoms with E-state index < -0.39 is 0 Å². The SMILES string of the molecule is CC.CC.CN=C(C)c1ccccc1C(C)=NC. The van der Waals surface area contributed by atoms with Crippen molar-refractivity contribution >= 4 is 11.4 Å². The Morgan fingerprint density at radius 2 is 1.00 bits per heavy atom. The molecule has 0 bridgehead atoms. The van der Waals surface area contributed by atoms with E-state index in [1.165, 1.54) is 0 Å². The fourth-order valence-electron chi connectivity index (χ4n) is 1.36. The van der Waals surface area contributed by atoms with Gasteiger partial charge in [-0.05, 0) is 13.8 Å². The van der Waals surface area contributed by atoms with Crippen LogP contribution < -0.4 is 0 Å². The number of rotatable bonds is 2. The van der Waals surface area contributed by atoms with E-state index in [9.17, 15) is 0 Å². The van der Waals surface area contributed by atoms with Crippen LogP contribution >= 0.6 is 0 Å². The molecule has 0 atom stereocenters. The van der Waals surface area contributed by atoms with Gasteiger partial charge in [0.15, 0.2) is 0 Å². The Bertz CT molecular complexity index is 339. The molecule has 0 aliphatic heterocycles. The van der Waals surface area contributed by atoms with Crippen LogP contribution in [0.5, 0.6) is 0 Å². The third-order valence-corrected chi connectivity index (χ3v) is 2.38. The minimum atomic E-state index is 1.04. The predicted octanol–water partition coefficient (Wildman–Crippen LogP) is 4.62. The maximum Gasteiger partial charge on any atom is 0.0392 e. The third kappa shape index (κ3) is 5.76. The first kappa shape index (κ1) is 18.9. The van der Waals surface area contributed by atoms with Crippen LogP contribution in [0.2, 0.25) is 0 Å². The molecule has 0 unspecified atom stereocenters. The molecule has 0 saturated carbocycles. The standard InChI is InChI=1S/C12H16N2.2C2H6/c1-9(13-3)11-7-5-6-8-12(11)10(2)14-4;2*1-2/h5-8H,1-4H3;2*1-2H3. The van der Waals surface area contributed by atoms with Gasteiger partial charge in [-0.2, -0.15) is 0 Å². The van der Waals surface area contributed by atoms with Crippen molar-refractivity contribution in [2.75, 3.05) is 14.1 Å². The number of hydrogen-bond acceptors (Lipinski definition) is 2. The molecular weight excluding hydrogens is 220 g/mol. The molecule has 0 aliphatic rings. The van der Waals surface area contributed by atoms with Crippen molar-refractivity contribution in [1.82, 2.24) is 0 Å². The van der Waals surface area contributed by atoms with Crippen LogP contribution in [0.25, 0.3) is 0 Å². The van der Waals surface area contributed by atoms with E-state index >= 15 is 0 Å². The van der Waals surface area contributed by atoms with Crippen LogP contribution in [0.4, 0.5) is 0 Å². The summed E-state index contributed by atoms with van der Waals surface area (Å²) in [5.74, 6) is 0. The van der Waals surface area contributed by atoms with Gasteiger partial charge in [0.1, 0.15) is 0 Å². The molecule has 1 rings (SSSR count). The Balaban J connectivity index is 0. The fraction of sp³-hybridized carbons (Fsp3) is 0.500. The van der Waals surface area contributed by atoms with Gasteiger partial charge in [0.05, 0.1) is 0 Å². The lowest BCUT2D eigenvalue weighted by Crippen LogP contribution is -2.05.